The maximum atomic E-state index is 13.2. The van der Waals surface area contributed by atoms with Crippen LogP contribution in [-0.2, 0) is 0 Å². The van der Waals surface area contributed by atoms with Gasteiger partial charge in [-0.1, -0.05) is 12.1 Å². The van der Waals surface area contributed by atoms with Crippen LogP contribution < -0.4 is 10.6 Å². The average molecular weight is 420 g/mol. The van der Waals surface area contributed by atoms with Gasteiger partial charge in [-0.05, 0) is 24.6 Å². The molecule has 3 aromatic heterocycles. The average Bonchev–Trinajstić information content (AvgIpc) is 3.25. The molecular weight excluding hydrogens is 403 g/mol. The van der Waals surface area contributed by atoms with Gasteiger partial charge in [-0.25, -0.2) is 18.9 Å². The van der Waals surface area contributed by atoms with E-state index in [1.54, 1.807) is 24.4 Å². The first-order chi connectivity index (χ1) is 15.0. The van der Waals surface area contributed by atoms with Crippen LogP contribution in [0.3, 0.4) is 0 Å². The summed E-state index contributed by atoms with van der Waals surface area (Å²) in [5, 5.41) is 19.4. The molecule has 0 aliphatic carbocycles. The first-order valence-electron chi connectivity index (χ1n) is 9.20. The summed E-state index contributed by atoms with van der Waals surface area (Å²) in [4.78, 5) is 28.2. The summed E-state index contributed by atoms with van der Waals surface area (Å²) >= 11 is 0. The van der Waals surface area contributed by atoms with Crippen LogP contribution in [-0.4, -0.2) is 40.8 Å². The van der Waals surface area contributed by atoms with Crippen LogP contribution in [0.15, 0.2) is 61.3 Å². The van der Waals surface area contributed by atoms with E-state index < -0.39 is 5.97 Å². The Morgan fingerprint density at radius 2 is 1.94 bits per heavy atom. The monoisotopic (exact) mass is 420 g/mol. The van der Waals surface area contributed by atoms with Crippen molar-refractivity contribution in [1.82, 2.24) is 29.7 Å². The Morgan fingerprint density at radius 3 is 2.61 bits per heavy atom. The third kappa shape index (κ3) is 4.78. The second-order valence-corrected chi connectivity index (χ2v) is 6.55. The molecule has 156 valence electrons. The van der Waals surface area contributed by atoms with Gasteiger partial charge in [-0.3, -0.25) is 4.98 Å². The Hall–Kier alpha value is -4.41. The van der Waals surface area contributed by atoms with Gasteiger partial charge in [-0.15, -0.1) is 0 Å². The van der Waals surface area contributed by atoms with Crippen molar-refractivity contribution >= 4 is 23.6 Å². The van der Waals surface area contributed by atoms with Gasteiger partial charge in [0.25, 0.3) is 0 Å². The minimum Gasteiger partial charge on any atom is -0.478 e. The number of anilines is 3. The lowest BCUT2D eigenvalue weighted by molar-refractivity contribution is 0.0697. The molecular formula is C20H17FN8O2. The van der Waals surface area contributed by atoms with Crippen molar-refractivity contribution in [1.29, 1.82) is 0 Å². The number of benzene rings is 1. The highest BCUT2D eigenvalue weighted by atomic mass is 19.1. The first-order valence-corrected chi connectivity index (χ1v) is 9.20. The van der Waals surface area contributed by atoms with Crippen LogP contribution in [0.25, 0.3) is 5.82 Å². The molecule has 1 aromatic carbocycles. The van der Waals surface area contributed by atoms with Crippen LogP contribution >= 0.6 is 0 Å². The predicted molar refractivity (Wildman–Crippen MR) is 110 cm³/mol. The molecule has 1 unspecified atom stereocenters. The van der Waals surface area contributed by atoms with E-state index in [0.717, 1.165) is 5.56 Å². The molecule has 0 bridgehead atoms. The second kappa shape index (κ2) is 8.53. The minimum absolute atomic E-state index is 0.0243. The molecule has 4 rings (SSSR count). The van der Waals surface area contributed by atoms with Crippen molar-refractivity contribution < 1.29 is 14.3 Å². The molecule has 0 spiro atoms. The van der Waals surface area contributed by atoms with Crippen LogP contribution in [0.1, 0.15) is 28.9 Å². The predicted octanol–water partition coefficient (Wildman–Crippen LogP) is 3.21. The number of aromatic carboxylic acids is 1. The summed E-state index contributed by atoms with van der Waals surface area (Å²) in [6, 6.07) is 7.46. The maximum absolute atomic E-state index is 13.2. The van der Waals surface area contributed by atoms with Gasteiger partial charge in [0.05, 0.1) is 24.0 Å². The molecule has 3 N–H and O–H groups in total. The SMILES string of the molecule is CC(Nc1nc(Nc2cnccn2)cc(-n2cc(C(=O)O)cn2)n1)c1ccc(F)cc1. The van der Waals surface area contributed by atoms with Gasteiger partial charge in [0, 0.05) is 24.7 Å². The zero-order valence-electron chi connectivity index (χ0n) is 16.3. The summed E-state index contributed by atoms with van der Waals surface area (Å²) in [5.74, 6) is 0.0397. The molecule has 3 heterocycles. The van der Waals surface area contributed by atoms with E-state index >= 15 is 0 Å². The van der Waals surface area contributed by atoms with Crippen LogP contribution in [0.2, 0.25) is 0 Å². The van der Waals surface area contributed by atoms with E-state index in [-0.39, 0.29) is 23.4 Å². The van der Waals surface area contributed by atoms with E-state index in [4.69, 9.17) is 5.11 Å². The fourth-order valence-electron chi connectivity index (χ4n) is 2.76. The summed E-state index contributed by atoms with van der Waals surface area (Å²) < 4.78 is 14.6. The highest BCUT2D eigenvalue weighted by Crippen LogP contribution is 2.21. The van der Waals surface area contributed by atoms with Gasteiger partial charge in [0.1, 0.15) is 17.5 Å². The van der Waals surface area contributed by atoms with Crippen molar-refractivity contribution in [2.24, 2.45) is 0 Å². The minimum atomic E-state index is -1.10. The molecule has 0 saturated carbocycles. The van der Waals surface area contributed by atoms with Crippen molar-refractivity contribution in [3.05, 3.63) is 78.3 Å². The van der Waals surface area contributed by atoms with E-state index in [1.807, 2.05) is 6.92 Å². The lowest BCUT2D eigenvalue weighted by atomic mass is 10.1. The summed E-state index contributed by atoms with van der Waals surface area (Å²) in [6.07, 6.45) is 7.20. The molecule has 0 radical (unpaired) electrons. The van der Waals surface area contributed by atoms with Crippen LogP contribution in [0, 0.1) is 5.82 Å². The number of aromatic nitrogens is 6. The number of rotatable bonds is 7. The molecule has 4 aromatic rings. The number of hydrogen-bond acceptors (Lipinski definition) is 8. The fourth-order valence-corrected chi connectivity index (χ4v) is 2.76. The lowest BCUT2D eigenvalue weighted by Crippen LogP contribution is -2.12. The van der Waals surface area contributed by atoms with Crippen LogP contribution in [0.5, 0.6) is 0 Å². The second-order valence-electron chi connectivity index (χ2n) is 6.55. The molecule has 0 aliphatic rings. The molecule has 0 aliphatic heterocycles. The molecule has 0 fully saturated rings. The molecule has 0 amide bonds. The summed E-state index contributed by atoms with van der Waals surface area (Å²) in [7, 11) is 0. The van der Waals surface area contributed by atoms with Crippen molar-refractivity contribution in [3.63, 3.8) is 0 Å². The number of nitrogens with one attached hydrogen (secondary N) is 2. The zero-order chi connectivity index (χ0) is 21.8. The van der Waals surface area contributed by atoms with Crippen molar-refractivity contribution in [2.75, 3.05) is 10.6 Å². The number of carbonyl (C=O) groups is 1. The maximum Gasteiger partial charge on any atom is 0.338 e. The first kappa shape index (κ1) is 19.9. The highest BCUT2D eigenvalue weighted by molar-refractivity contribution is 5.87. The van der Waals surface area contributed by atoms with Gasteiger partial charge in [0.2, 0.25) is 5.95 Å². The number of halogens is 1. The molecule has 10 nitrogen and oxygen atoms in total. The Morgan fingerprint density at radius 1 is 1.13 bits per heavy atom. The van der Waals surface area contributed by atoms with Gasteiger partial charge < -0.3 is 15.7 Å². The molecule has 1 atom stereocenters. The third-order valence-corrected chi connectivity index (χ3v) is 4.31. The highest BCUT2D eigenvalue weighted by Gasteiger charge is 2.14. The van der Waals surface area contributed by atoms with E-state index in [1.165, 1.54) is 41.6 Å². The Bertz CT molecular complexity index is 1200. The quantitative estimate of drug-likeness (QED) is 0.412. The number of hydrogen-bond donors (Lipinski definition) is 3. The Balaban J connectivity index is 1.67. The zero-order valence-corrected chi connectivity index (χ0v) is 16.3. The largest absolute Gasteiger partial charge is 0.478 e. The number of carboxylic acid groups (broad SMARTS) is 1. The molecule has 11 heteroatoms. The van der Waals surface area contributed by atoms with Gasteiger partial charge in [-0.2, -0.15) is 15.1 Å². The van der Waals surface area contributed by atoms with Gasteiger partial charge in [0.15, 0.2) is 5.82 Å². The fraction of sp³-hybridized carbons (Fsp3) is 0.100. The smallest absolute Gasteiger partial charge is 0.338 e. The van der Waals surface area contributed by atoms with E-state index in [9.17, 15) is 9.18 Å². The van der Waals surface area contributed by atoms with E-state index in [2.05, 4.69) is 35.7 Å². The van der Waals surface area contributed by atoms with E-state index in [0.29, 0.717) is 17.5 Å². The summed E-state index contributed by atoms with van der Waals surface area (Å²) in [6.45, 7) is 1.88. The Labute approximate surface area is 175 Å². The molecule has 0 saturated heterocycles. The van der Waals surface area contributed by atoms with Gasteiger partial charge >= 0.3 is 5.97 Å². The normalized spacial score (nSPS) is 11.7. The topological polar surface area (TPSA) is 131 Å². The van der Waals surface area contributed by atoms with Crippen LogP contribution in [0.4, 0.5) is 22.0 Å². The Kier molecular flexibility index (Phi) is 5.47. The lowest BCUT2D eigenvalue weighted by Gasteiger charge is -2.16. The standard InChI is InChI=1S/C20H17FN8O2/c1-12(13-2-4-15(21)5-3-13)25-20-27-16(26-17-10-22-6-7-23-17)8-18(28-20)29-11-14(9-24-29)19(30)31/h2-12H,1H3,(H,30,31)(H2,23,25,26,27,28). The number of nitrogens with zero attached hydrogens (tertiary/aromatic N) is 6. The molecule has 31 heavy (non-hydrogen) atoms. The third-order valence-electron chi connectivity index (χ3n) is 4.31. The number of carboxylic acids is 1. The van der Waals surface area contributed by atoms with Crippen molar-refractivity contribution in [2.45, 2.75) is 13.0 Å². The summed E-state index contributed by atoms with van der Waals surface area (Å²) in [5.41, 5.74) is 0.863. The van der Waals surface area contributed by atoms with Crippen molar-refractivity contribution in [3.8, 4) is 5.82 Å².